The maximum Gasteiger partial charge on any atom is 0.224 e. The van der Waals surface area contributed by atoms with E-state index in [1.165, 1.54) is 0 Å². The van der Waals surface area contributed by atoms with Crippen LogP contribution in [0.5, 0.6) is 0 Å². The van der Waals surface area contributed by atoms with Crippen LogP contribution in [0.4, 0.5) is 5.69 Å². The van der Waals surface area contributed by atoms with E-state index in [1.54, 1.807) is 6.20 Å². The maximum atomic E-state index is 11.3. The lowest BCUT2D eigenvalue weighted by atomic mass is 9.97. The van der Waals surface area contributed by atoms with Crippen LogP contribution in [0, 0.1) is 0 Å². The first-order valence-corrected chi connectivity index (χ1v) is 5.93. The second-order valence-corrected chi connectivity index (χ2v) is 4.39. The molecule has 2 heterocycles. The number of nitrogens with zero attached hydrogens (tertiary/aromatic N) is 1. The van der Waals surface area contributed by atoms with E-state index in [2.05, 4.69) is 21.6 Å². The van der Waals surface area contributed by atoms with Gasteiger partial charge in [-0.25, -0.2) is 0 Å². The van der Waals surface area contributed by atoms with Gasteiger partial charge in [-0.2, -0.15) is 5.10 Å². The maximum absolute atomic E-state index is 11.3. The molecule has 1 aliphatic rings. The number of rotatable bonds is 2. The summed E-state index contributed by atoms with van der Waals surface area (Å²) in [7, 11) is 0. The van der Waals surface area contributed by atoms with Crippen molar-refractivity contribution in [2.24, 2.45) is 5.73 Å². The van der Waals surface area contributed by atoms with Gasteiger partial charge in [-0.15, -0.1) is 0 Å². The van der Waals surface area contributed by atoms with Gasteiger partial charge < -0.3 is 11.1 Å². The molecule has 0 unspecified atom stereocenters. The van der Waals surface area contributed by atoms with E-state index in [4.69, 9.17) is 5.73 Å². The molecule has 0 saturated heterocycles. The van der Waals surface area contributed by atoms with Gasteiger partial charge in [-0.05, 0) is 29.7 Å². The van der Waals surface area contributed by atoms with Gasteiger partial charge in [0.25, 0.3) is 0 Å². The molecule has 0 aliphatic carbocycles. The van der Waals surface area contributed by atoms with Crippen molar-refractivity contribution < 1.29 is 4.79 Å². The van der Waals surface area contributed by atoms with Crippen LogP contribution in [0.15, 0.2) is 24.4 Å². The van der Waals surface area contributed by atoms with E-state index in [1.807, 2.05) is 12.1 Å². The molecule has 1 aliphatic heterocycles. The molecule has 5 nitrogen and oxygen atoms in total. The zero-order valence-electron chi connectivity index (χ0n) is 9.86. The van der Waals surface area contributed by atoms with Crippen LogP contribution in [0.2, 0.25) is 0 Å². The number of hydrogen-bond acceptors (Lipinski definition) is 3. The van der Waals surface area contributed by atoms with Crippen molar-refractivity contribution in [3.63, 3.8) is 0 Å². The molecule has 1 aromatic carbocycles. The highest BCUT2D eigenvalue weighted by Crippen LogP contribution is 2.29. The van der Waals surface area contributed by atoms with Crippen LogP contribution < -0.4 is 11.1 Å². The second-order valence-electron chi connectivity index (χ2n) is 4.39. The van der Waals surface area contributed by atoms with Crippen LogP contribution in [0.1, 0.15) is 17.7 Å². The highest BCUT2D eigenvalue weighted by molar-refractivity contribution is 5.94. The lowest BCUT2D eigenvalue weighted by molar-refractivity contribution is -0.116. The number of anilines is 1. The highest BCUT2D eigenvalue weighted by atomic mass is 16.1. The second kappa shape index (κ2) is 4.27. The minimum Gasteiger partial charge on any atom is -0.326 e. The van der Waals surface area contributed by atoms with Crippen molar-refractivity contribution in [3.8, 4) is 11.1 Å². The van der Waals surface area contributed by atoms with Crippen LogP contribution >= 0.6 is 0 Å². The van der Waals surface area contributed by atoms with Gasteiger partial charge in [0.2, 0.25) is 5.91 Å². The summed E-state index contributed by atoms with van der Waals surface area (Å²) >= 11 is 0. The molecule has 4 N–H and O–H groups in total. The summed E-state index contributed by atoms with van der Waals surface area (Å²) in [5.41, 5.74) is 10.8. The zero-order valence-corrected chi connectivity index (χ0v) is 9.86. The van der Waals surface area contributed by atoms with Gasteiger partial charge in [0.15, 0.2) is 0 Å². The summed E-state index contributed by atoms with van der Waals surface area (Å²) in [5.74, 6) is 0.0845. The topological polar surface area (TPSA) is 83.8 Å². The van der Waals surface area contributed by atoms with Gasteiger partial charge in [0.05, 0.1) is 11.9 Å². The number of amides is 1. The number of nitrogens with two attached hydrogens (primary N) is 1. The Morgan fingerprint density at radius 3 is 3.06 bits per heavy atom. The number of fused-ring (bicyclic) bond motifs is 1. The monoisotopic (exact) mass is 242 g/mol. The number of aromatic amines is 1. The molecule has 0 bridgehead atoms. The Hall–Kier alpha value is -2.14. The standard InChI is InChI=1S/C13H14N4O/c14-6-12-10(7-15-17-12)8-1-3-11-9(5-8)2-4-13(18)16-11/h1,3,5,7H,2,4,6,14H2,(H,15,17)(H,16,18). The van der Waals surface area contributed by atoms with Crippen molar-refractivity contribution >= 4 is 11.6 Å². The normalized spacial score (nSPS) is 14.2. The largest absolute Gasteiger partial charge is 0.326 e. The molecule has 0 fully saturated rings. The number of aryl methyl sites for hydroxylation is 1. The molecular formula is C13H14N4O. The van der Waals surface area contributed by atoms with Gasteiger partial charge in [0, 0.05) is 24.2 Å². The van der Waals surface area contributed by atoms with Gasteiger partial charge in [0.1, 0.15) is 0 Å². The van der Waals surface area contributed by atoms with Crippen molar-refractivity contribution in [1.29, 1.82) is 0 Å². The van der Waals surface area contributed by atoms with E-state index in [0.717, 1.165) is 34.5 Å². The molecule has 18 heavy (non-hydrogen) atoms. The van der Waals surface area contributed by atoms with E-state index >= 15 is 0 Å². The van der Waals surface area contributed by atoms with Crippen molar-refractivity contribution in [2.45, 2.75) is 19.4 Å². The molecule has 5 heteroatoms. The summed E-state index contributed by atoms with van der Waals surface area (Å²) in [6, 6.07) is 6.02. The molecule has 0 atom stereocenters. The Kier molecular flexibility index (Phi) is 2.60. The molecule has 92 valence electrons. The summed E-state index contributed by atoms with van der Waals surface area (Å²) in [6.07, 6.45) is 3.11. The quantitative estimate of drug-likeness (QED) is 0.744. The molecule has 2 aromatic rings. The summed E-state index contributed by atoms with van der Waals surface area (Å²) in [6.45, 7) is 0.434. The first-order chi connectivity index (χ1) is 8.78. The van der Waals surface area contributed by atoms with E-state index in [0.29, 0.717) is 13.0 Å². The number of carbonyl (C=O) groups excluding carboxylic acids is 1. The first kappa shape index (κ1) is 11.0. The molecule has 3 rings (SSSR count). The van der Waals surface area contributed by atoms with Crippen molar-refractivity contribution in [1.82, 2.24) is 10.2 Å². The Labute approximate surface area is 104 Å². The SMILES string of the molecule is NCc1[nH]ncc1-c1ccc2c(c1)CCC(=O)N2. The Morgan fingerprint density at radius 2 is 2.22 bits per heavy atom. The number of aromatic nitrogens is 2. The number of benzene rings is 1. The lowest BCUT2D eigenvalue weighted by Crippen LogP contribution is -2.18. The number of carbonyl (C=O) groups is 1. The van der Waals surface area contributed by atoms with Crippen LogP contribution in [-0.4, -0.2) is 16.1 Å². The third kappa shape index (κ3) is 1.78. The first-order valence-electron chi connectivity index (χ1n) is 5.93. The summed E-state index contributed by atoms with van der Waals surface area (Å²) in [4.78, 5) is 11.3. The Balaban J connectivity index is 2.02. The Bertz CT molecular complexity index is 603. The predicted molar refractivity (Wildman–Crippen MR) is 68.9 cm³/mol. The van der Waals surface area contributed by atoms with E-state index < -0.39 is 0 Å². The van der Waals surface area contributed by atoms with Crippen molar-refractivity contribution in [3.05, 3.63) is 35.7 Å². The predicted octanol–water partition coefficient (Wildman–Crippen LogP) is 1.42. The average Bonchev–Trinajstić information content (AvgIpc) is 2.86. The van der Waals surface area contributed by atoms with Crippen LogP contribution in [0.3, 0.4) is 0 Å². The van der Waals surface area contributed by atoms with Gasteiger partial charge >= 0.3 is 0 Å². The smallest absolute Gasteiger partial charge is 0.224 e. The third-order valence-corrected chi connectivity index (χ3v) is 3.23. The van der Waals surface area contributed by atoms with Crippen molar-refractivity contribution in [2.75, 3.05) is 5.32 Å². The highest BCUT2D eigenvalue weighted by Gasteiger charge is 2.16. The van der Waals surface area contributed by atoms with Gasteiger partial charge in [-0.1, -0.05) is 6.07 Å². The average molecular weight is 242 g/mol. The molecule has 1 aromatic heterocycles. The fourth-order valence-corrected chi connectivity index (χ4v) is 2.27. The molecule has 1 amide bonds. The lowest BCUT2D eigenvalue weighted by Gasteiger charge is -2.17. The molecular weight excluding hydrogens is 228 g/mol. The molecule has 0 radical (unpaired) electrons. The Morgan fingerprint density at radius 1 is 1.33 bits per heavy atom. The number of hydrogen-bond donors (Lipinski definition) is 3. The summed E-state index contributed by atoms with van der Waals surface area (Å²) < 4.78 is 0. The fraction of sp³-hybridized carbons (Fsp3) is 0.231. The summed E-state index contributed by atoms with van der Waals surface area (Å²) in [5, 5.41) is 9.79. The van der Waals surface area contributed by atoms with Crippen LogP contribution in [0.25, 0.3) is 11.1 Å². The van der Waals surface area contributed by atoms with Crippen LogP contribution in [-0.2, 0) is 17.8 Å². The van der Waals surface area contributed by atoms with E-state index in [9.17, 15) is 4.79 Å². The van der Waals surface area contributed by atoms with E-state index in [-0.39, 0.29) is 5.91 Å². The fourth-order valence-electron chi connectivity index (χ4n) is 2.27. The number of nitrogens with one attached hydrogen (secondary N) is 2. The number of H-pyrrole nitrogens is 1. The minimum atomic E-state index is 0.0845. The van der Waals surface area contributed by atoms with Gasteiger partial charge in [-0.3, -0.25) is 9.89 Å². The third-order valence-electron chi connectivity index (χ3n) is 3.23. The molecule has 0 spiro atoms. The molecule has 0 saturated carbocycles. The zero-order chi connectivity index (χ0) is 12.5. The minimum absolute atomic E-state index is 0.0845.